The second-order valence-corrected chi connectivity index (χ2v) is 40.9. The number of halogens is 6. The van der Waals surface area contributed by atoms with E-state index in [-0.39, 0.29) is 51.4 Å². The van der Waals surface area contributed by atoms with Gasteiger partial charge in [-0.2, -0.15) is 0 Å². The quantitative estimate of drug-likeness (QED) is 0.626. The summed E-state index contributed by atoms with van der Waals surface area (Å²) in [6.07, 6.45) is 0. The van der Waals surface area contributed by atoms with E-state index in [0.717, 1.165) is 0 Å². The average molecular weight is 434 g/mol. The third kappa shape index (κ3) is 7.28. The van der Waals surface area contributed by atoms with Gasteiger partial charge >= 0.3 is 136 Å². The molecule has 0 aromatic heterocycles. The summed E-state index contributed by atoms with van der Waals surface area (Å²) in [5.41, 5.74) is -11.1. The van der Waals surface area contributed by atoms with Gasteiger partial charge in [-0.1, -0.05) is 0 Å². The molecular formula is HCl6KO5Ru. The third-order valence-corrected chi connectivity index (χ3v) is 11.9. The van der Waals surface area contributed by atoms with Crippen LogP contribution in [0.3, 0.4) is 0 Å². The summed E-state index contributed by atoms with van der Waals surface area (Å²) in [6.45, 7) is 0. The standard InChI is InChI=1S/2ClO.4ClH.K.3O.Ru.H/c2*1-2;;;;;;;;;;/h;;4*1H;;;;;;/q2*-1;;;;;;;;;+6;/p-4. The van der Waals surface area contributed by atoms with Crippen LogP contribution in [0, 0.1) is 0 Å². The first-order valence-corrected chi connectivity index (χ1v) is 14.7. The first-order chi connectivity index (χ1) is 4.22. The van der Waals surface area contributed by atoms with Gasteiger partial charge in [-0.3, -0.25) is 0 Å². The van der Waals surface area contributed by atoms with Crippen LogP contribution in [0.15, 0.2) is 0 Å². The van der Waals surface area contributed by atoms with Crippen LogP contribution >= 0.6 is 62.5 Å². The Morgan fingerprint density at radius 2 is 0.923 bits per heavy atom. The van der Waals surface area contributed by atoms with Gasteiger partial charge in [-0.25, -0.2) is 0 Å². The fraction of sp³-hybridized carbons (Fsp3) is 0. The Bertz CT molecular complexity index is 607. The van der Waals surface area contributed by atoms with Crippen molar-refractivity contribution >= 4 is 114 Å². The van der Waals surface area contributed by atoms with E-state index in [2.05, 4.69) is 68.7 Å². The van der Waals surface area contributed by atoms with Crippen LogP contribution in [-0.4, -0.2) is 51.4 Å². The molecular weight excluding hydrogens is 433 g/mol. The molecule has 0 aliphatic carbocycles. The molecule has 0 radical (unpaired) electrons. The van der Waals surface area contributed by atoms with Gasteiger partial charge in [-0.15, -0.1) is 0 Å². The van der Waals surface area contributed by atoms with Crippen LogP contribution < -0.4 is 0 Å². The minimum atomic E-state index is -11.1. The van der Waals surface area contributed by atoms with Gasteiger partial charge in [0.1, 0.15) is 0 Å². The van der Waals surface area contributed by atoms with E-state index >= 15 is 0 Å². The van der Waals surface area contributed by atoms with Crippen molar-refractivity contribution in [2.75, 3.05) is 0 Å². The van der Waals surface area contributed by atoms with Crippen molar-refractivity contribution < 1.29 is 22.5 Å². The van der Waals surface area contributed by atoms with Crippen molar-refractivity contribution in [1.29, 1.82) is 0 Å². The molecule has 0 aliphatic heterocycles. The second-order valence-electron chi connectivity index (χ2n) is 2.09. The van der Waals surface area contributed by atoms with Gasteiger partial charge < -0.3 is 0 Å². The summed E-state index contributed by atoms with van der Waals surface area (Å²) in [6, 6.07) is 0. The molecule has 0 aliphatic rings. The van der Waals surface area contributed by atoms with Gasteiger partial charge in [0.2, 0.25) is 0 Å². The summed E-state index contributed by atoms with van der Waals surface area (Å²) in [4.78, 5) is 0. The molecule has 0 bridgehead atoms. The second kappa shape index (κ2) is 1.84. The summed E-state index contributed by atoms with van der Waals surface area (Å²) in [5.74, 6) is 0. The molecule has 82 valence electrons. The Morgan fingerprint density at radius 3 is 0.923 bits per heavy atom. The van der Waals surface area contributed by atoms with E-state index in [1.54, 1.807) is 0 Å². The molecule has 0 aromatic rings. The zero-order valence-corrected chi connectivity index (χ0v) is 10.9. The van der Waals surface area contributed by atoms with Gasteiger partial charge in [-0.05, 0) is 0 Å². The van der Waals surface area contributed by atoms with Crippen LogP contribution in [-0.2, 0) is 22.5 Å². The molecule has 0 heterocycles. The summed E-state index contributed by atoms with van der Waals surface area (Å²) < 4.78 is 38.7. The summed E-state index contributed by atoms with van der Waals surface area (Å²) in [5, 5.41) is 0. The summed E-state index contributed by atoms with van der Waals surface area (Å²) in [7, 11) is 17.0. The van der Waals surface area contributed by atoms with Crippen LogP contribution in [0.5, 0.6) is 0 Å². The van der Waals surface area contributed by atoms with Crippen molar-refractivity contribution in [3.8, 4) is 0 Å². The summed E-state index contributed by atoms with van der Waals surface area (Å²) >= 11 is 8.38. The predicted molar refractivity (Wildman–Crippen MR) is 46.5 cm³/mol. The Kier molecular flexibility index (Phi) is 2.64. The first-order valence-electron chi connectivity index (χ1n) is 1.56. The molecule has 5 nitrogen and oxygen atoms in total. The molecule has 0 saturated heterocycles. The average Bonchev–Trinajstić information content (AvgIpc) is 1.64. The first kappa shape index (κ1) is 18.7. The Labute approximate surface area is 133 Å². The minimum absolute atomic E-state index is 0. The molecule has 0 N–H and O–H groups in total. The number of rotatable bonds is 2. The third-order valence-electron chi connectivity index (χ3n) is 0.343. The zero-order valence-electron chi connectivity index (χ0n) is 4.66. The van der Waals surface area contributed by atoms with E-state index in [0.29, 0.717) is 0 Å². The molecule has 13 heteroatoms. The molecule has 0 unspecified atom stereocenters. The molecule has 0 amide bonds. The van der Waals surface area contributed by atoms with Gasteiger partial charge in [0, 0.05) is 0 Å². The van der Waals surface area contributed by atoms with Crippen LogP contribution in [0.25, 0.3) is 0 Å². The van der Waals surface area contributed by atoms with E-state index in [4.69, 9.17) is 0 Å². The monoisotopic (exact) mass is 432 g/mol. The molecule has 0 rings (SSSR count). The molecule has 0 aromatic carbocycles. The van der Waals surface area contributed by atoms with E-state index < -0.39 is 5.51 Å². The van der Waals surface area contributed by atoms with E-state index in [1.165, 1.54) is 0 Å². The van der Waals surface area contributed by atoms with Gasteiger partial charge in [0.25, 0.3) is 0 Å². The van der Waals surface area contributed by atoms with Gasteiger partial charge in [0.05, 0.1) is 0 Å². The Balaban J connectivity index is 0. The predicted octanol–water partition coefficient (Wildman–Crippen LogP) is 2.99. The Morgan fingerprint density at radius 1 is 0.769 bits per heavy atom. The maximum absolute atomic E-state index is 11.1. The molecule has 0 spiro atoms. The zero-order chi connectivity index (χ0) is 10.7. The SMILES string of the molecule is [KH].[O]=[Ru](=[O])(=[O])([Cl])([Cl])([Cl])([Cl])([O]Cl)[O]Cl. The van der Waals surface area contributed by atoms with Crippen molar-refractivity contribution in [3.63, 3.8) is 0 Å². The van der Waals surface area contributed by atoms with Crippen molar-refractivity contribution in [1.82, 2.24) is 0 Å². The van der Waals surface area contributed by atoms with Crippen molar-refractivity contribution in [2.24, 2.45) is 0 Å². The van der Waals surface area contributed by atoms with E-state index in [1.807, 2.05) is 0 Å². The van der Waals surface area contributed by atoms with Gasteiger partial charge in [0.15, 0.2) is 0 Å². The molecule has 0 saturated carbocycles. The fourth-order valence-corrected chi connectivity index (χ4v) is 0.448. The van der Waals surface area contributed by atoms with Crippen LogP contribution in [0.2, 0.25) is 0 Å². The van der Waals surface area contributed by atoms with E-state index in [9.17, 15) is 10.7 Å². The van der Waals surface area contributed by atoms with Crippen LogP contribution in [0.1, 0.15) is 0 Å². The normalized spacial score (nSPS) is 28.6. The Hall–Kier alpha value is 3.32. The molecule has 0 atom stereocenters. The van der Waals surface area contributed by atoms with Crippen LogP contribution in [0.4, 0.5) is 0 Å². The fourth-order valence-electron chi connectivity index (χ4n) is 0.00842. The number of hydrogen-bond acceptors (Lipinski definition) is 5. The topological polar surface area (TPSA) is 69.7 Å². The molecule has 13 heavy (non-hydrogen) atoms. The van der Waals surface area contributed by atoms with Crippen molar-refractivity contribution in [2.45, 2.75) is 0 Å². The number of hydrogen-bond donors (Lipinski definition) is 0. The maximum atomic E-state index is 11.1. The molecule has 0 fully saturated rings. The van der Waals surface area contributed by atoms with Crippen molar-refractivity contribution in [3.05, 3.63) is 0 Å².